The second kappa shape index (κ2) is 6.22. The summed E-state index contributed by atoms with van der Waals surface area (Å²) >= 11 is 0. The third-order valence-corrected chi connectivity index (χ3v) is 2.96. The van der Waals surface area contributed by atoms with E-state index in [4.69, 9.17) is 5.73 Å². The van der Waals surface area contributed by atoms with Gasteiger partial charge in [-0.3, -0.25) is 9.59 Å². The summed E-state index contributed by atoms with van der Waals surface area (Å²) in [5.74, 6) is -0.0701. The van der Waals surface area contributed by atoms with Crippen LogP contribution in [0.4, 0.5) is 5.69 Å². The molecule has 1 aliphatic rings. The number of anilines is 1. The molecule has 2 rings (SSSR count). The highest BCUT2D eigenvalue weighted by molar-refractivity contribution is 5.80. The molecule has 4 N–H and O–H groups in total. The molecule has 1 saturated carbocycles. The summed E-state index contributed by atoms with van der Waals surface area (Å²) in [7, 11) is 0. The number of nitrogens with one attached hydrogen (secondary N) is 2. The SMILES string of the molecule is Nc1ccc(CC(=O)NCCC(=O)NC2CC2)cc1. The van der Waals surface area contributed by atoms with E-state index < -0.39 is 0 Å². The van der Waals surface area contributed by atoms with E-state index >= 15 is 0 Å². The van der Waals surface area contributed by atoms with Crippen LogP contribution in [-0.4, -0.2) is 24.4 Å². The van der Waals surface area contributed by atoms with E-state index in [1.807, 2.05) is 12.1 Å². The fraction of sp³-hybridized carbons (Fsp3) is 0.429. The van der Waals surface area contributed by atoms with Crippen LogP contribution < -0.4 is 16.4 Å². The standard InChI is InChI=1S/C14H19N3O2/c15-11-3-1-10(2-4-11)9-14(19)16-8-7-13(18)17-12-5-6-12/h1-4,12H,5-9,15H2,(H,16,19)(H,17,18). The van der Waals surface area contributed by atoms with E-state index in [1.54, 1.807) is 12.1 Å². The molecule has 2 amide bonds. The summed E-state index contributed by atoms with van der Waals surface area (Å²) in [6.07, 6.45) is 2.80. The van der Waals surface area contributed by atoms with Crippen LogP contribution >= 0.6 is 0 Å². The summed E-state index contributed by atoms with van der Waals surface area (Å²) in [5.41, 5.74) is 7.16. The molecule has 1 aliphatic carbocycles. The molecule has 1 fully saturated rings. The number of nitrogen functional groups attached to an aromatic ring is 1. The van der Waals surface area contributed by atoms with Crippen LogP contribution in [0.25, 0.3) is 0 Å². The highest BCUT2D eigenvalue weighted by Gasteiger charge is 2.22. The van der Waals surface area contributed by atoms with Crippen LogP contribution in [0.15, 0.2) is 24.3 Å². The second-order valence-corrected chi connectivity index (χ2v) is 4.86. The van der Waals surface area contributed by atoms with Gasteiger partial charge in [-0.05, 0) is 30.5 Å². The highest BCUT2D eigenvalue weighted by Crippen LogP contribution is 2.18. The van der Waals surface area contributed by atoms with Crippen LogP contribution in [0.3, 0.4) is 0 Å². The second-order valence-electron chi connectivity index (χ2n) is 4.86. The zero-order valence-electron chi connectivity index (χ0n) is 10.8. The normalized spacial score (nSPS) is 13.9. The first kappa shape index (κ1) is 13.4. The molecule has 19 heavy (non-hydrogen) atoms. The Morgan fingerprint density at radius 2 is 1.84 bits per heavy atom. The average Bonchev–Trinajstić information content (AvgIpc) is 3.16. The fourth-order valence-corrected chi connectivity index (χ4v) is 1.73. The van der Waals surface area contributed by atoms with E-state index in [9.17, 15) is 9.59 Å². The van der Waals surface area contributed by atoms with Gasteiger partial charge in [0.25, 0.3) is 0 Å². The minimum Gasteiger partial charge on any atom is -0.399 e. The number of benzene rings is 1. The van der Waals surface area contributed by atoms with Gasteiger partial charge in [-0.2, -0.15) is 0 Å². The Balaban J connectivity index is 1.63. The Labute approximate surface area is 112 Å². The number of hydrogen-bond acceptors (Lipinski definition) is 3. The maximum atomic E-state index is 11.6. The summed E-state index contributed by atoms with van der Waals surface area (Å²) < 4.78 is 0. The van der Waals surface area contributed by atoms with Crippen molar-refractivity contribution in [3.05, 3.63) is 29.8 Å². The van der Waals surface area contributed by atoms with Crippen molar-refractivity contribution >= 4 is 17.5 Å². The van der Waals surface area contributed by atoms with Gasteiger partial charge in [0.2, 0.25) is 11.8 Å². The van der Waals surface area contributed by atoms with Gasteiger partial charge in [-0.1, -0.05) is 12.1 Å². The lowest BCUT2D eigenvalue weighted by atomic mass is 10.1. The molecule has 0 atom stereocenters. The van der Waals surface area contributed by atoms with Crippen LogP contribution in [0.5, 0.6) is 0 Å². The lowest BCUT2D eigenvalue weighted by Crippen LogP contribution is -2.32. The number of rotatable bonds is 6. The molecule has 0 bridgehead atoms. The zero-order valence-corrected chi connectivity index (χ0v) is 10.8. The summed E-state index contributed by atoms with van der Waals surface area (Å²) in [6.45, 7) is 0.381. The first-order chi connectivity index (χ1) is 9.13. The van der Waals surface area contributed by atoms with E-state index in [0.29, 0.717) is 31.1 Å². The molecule has 0 spiro atoms. The minimum absolute atomic E-state index is 0.00952. The molecule has 5 nitrogen and oxygen atoms in total. The van der Waals surface area contributed by atoms with Gasteiger partial charge in [0.1, 0.15) is 0 Å². The quantitative estimate of drug-likeness (QED) is 0.655. The van der Waals surface area contributed by atoms with Crippen molar-refractivity contribution in [2.45, 2.75) is 31.7 Å². The molecule has 0 unspecified atom stereocenters. The lowest BCUT2D eigenvalue weighted by Gasteiger charge is -2.06. The summed E-state index contributed by atoms with van der Waals surface area (Å²) in [5, 5.41) is 5.62. The van der Waals surface area contributed by atoms with E-state index in [1.165, 1.54) is 0 Å². The van der Waals surface area contributed by atoms with Crippen molar-refractivity contribution in [3.63, 3.8) is 0 Å². The molecule has 0 heterocycles. The molecule has 1 aromatic carbocycles. The fourth-order valence-electron chi connectivity index (χ4n) is 1.73. The highest BCUT2D eigenvalue weighted by atomic mass is 16.2. The summed E-state index contributed by atoms with van der Waals surface area (Å²) in [6, 6.07) is 7.57. The molecule has 0 radical (unpaired) electrons. The zero-order chi connectivity index (χ0) is 13.7. The van der Waals surface area contributed by atoms with Gasteiger partial charge >= 0.3 is 0 Å². The van der Waals surface area contributed by atoms with Gasteiger partial charge in [0.05, 0.1) is 6.42 Å². The predicted octanol–water partition coefficient (Wildman–Crippen LogP) is 0.596. The van der Waals surface area contributed by atoms with Gasteiger partial charge in [0, 0.05) is 24.7 Å². The smallest absolute Gasteiger partial charge is 0.224 e. The lowest BCUT2D eigenvalue weighted by molar-refractivity contribution is -0.122. The number of amides is 2. The van der Waals surface area contributed by atoms with Crippen molar-refractivity contribution in [2.24, 2.45) is 0 Å². The van der Waals surface area contributed by atoms with Gasteiger partial charge < -0.3 is 16.4 Å². The molecule has 5 heteroatoms. The molecule has 0 saturated heterocycles. The molecule has 0 aliphatic heterocycles. The topological polar surface area (TPSA) is 84.2 Å². The third kappa shape index (κ3) is 4.99. The number of hydrogen-bond donors (Lipinski definition) is 3. The Morgan fingerprint density at radius 1 is 1.16 bits per heavy atom. The molecule has 0 aromatic heterocycles. The van der Waals surface area contributed by atoms with Crippen LogP contribution in [0.2, 0.25) is 0 Å². The van der Waals surface area contributed by atoms with Crippen molar-refractivity contribution in [1.29, 1.82) is 0 Å². The largest absolute Gasteiger partial charge is 0.399 e. The van der Waals surface area contributed by atoms with Crippen molar-refractivity contribution in [3.8, 4) is 0 Å². The van der Waals surface area contributed by atoms with Crippen molar-refractivity contribution < 1.29 is 9.59 Å². The Morgan fingerprint density at radius 3 is 2.47 bits per heavy atom. The molecular weight excluding hydrogens is 242 g/mol. The van der Waals surface area contributed by atoms with E-state index in [2.05, 4.69) is 10.6 Å². The maximum Gasteiger partial charge on any atom is 0.224 e. The number of nitrogens with two attached hydrogens (primary N) is 1. The molecular formula is C14H19N3O2. The average molecular weight is 261 g/mol. The predicted molar refractivity (Wildman–Crippen MR) is 73.3 cm³/mol. The number of carbonyl (C=O) groups excluding carboxylic acids is 2. The number of carbonyl (C=O) groups is 2. The van der Waals surface area contributed by atoms with E-state index in [-0.39, 0.29) is 11.8 Å². The monoisotopic (exact) mass is 261 g/mol. The third-order valence-electron chi connectivity index (χ3n) is 2.96. The maximum absolute atomic E-state index is 11.6. The van der Waals surface area contributed by atoms with Crippen molar-refractivity contribution in [2.75, 3.05) is 12.3 Å². The first-order valence-corrected chi connectivity index (χ1v) is 6.54. The van der Waals surface area contributed by atoms with Crippen LogP contribution in [-0.2, 0) is 16.0 Å². The van der Waals surface area contributed by atoms with Crippen molar-refractivity contribution in [1.82, 2.24) is 10.6 Å². The van der Waals surface area contributed by atoms with Gasteiger partial charge in [-0.25, -0.2) is 0 Å². The van der Waals surface area contributed by atoms with Gasteiger partial charge in [-0.15, -0.1) is 0 Å². The van der Waals surface area contributed by atoms with E-state index in [0.717, 1.165) is 18.4 Å². The van der Waals surface area contributed by atoms with Crippen LogP contribution in [0, 0.1) is 0 Å². The Hall–Kier alpha value is -2.04. The van der Waals surface area contributed by atoms with Crippen LogP contribution in [0.1, 0.15) is 24.8 Å². The first-order valence-electron chi connectivity index (χ1n) is 6.54. The molecule has 102 valence electrons. The minimum atomic E-state index is -0.0796. The summed E-state index contributed by atoms with van der Waals surface area (Å²) in [4.78, 5) is 23.0. The Kier molecular flexibility index (Phi) is 4.39. The Bertz CT molecular complexity index is 452. The molecule has 1 aromatic rings. The van der Waals surface area contributed by atoms with Gasteiger partial charge in [0.15, 0.2) is 0 Å².